The summed E-state index contributed by atoms with van der Waals surface area (Å²) in [7, 11) is 0. The Hall–Kier alpha value is -1.91. The molecule has 3 rings (SSSR count). The zero-order chi connectivity index (χ0) is 15.0. The van der Waals surface area contributed by atoms with E-state index in [2.05, 4.69) is 5.32 Å². The molecule has 1 aromatic rings. The molecule has 2 saturated carbocycles. The monoisotopic (exact) mass is 291 g/mol. The molecule has 0 bridgehead atoms. The molecule has 5 heteroatoms. The molecule has 0 saturated heterocycles. The molecule has 0 aliphatic heterocycles. The van der Waals surface area contributed by atoms with Crippen molar-refractivity contribution < 1.29 is 19.1 Å². The number of aliphatic carboxylic acids is 1. The van der Waals surface area contributed by atoms with Gasteiger partial charge in [0.25, 0.3) is 0 Å². The van der Waals surface area contributed by atoms with Crippen LogP contribution >= 0.6 is 0 Å². The Kier molecular flexibility index (Phi) is 3.43. The summed E-state index contributed by atoms with van der Waals surface area (Å²) >= 11 is 0. The van der Waals surface area contributed by atoms with E-state index in [-0.39, 0.29) is 30.1 Å². The van der Waals surface area contributed by atoms with Crippen molar-refractivity contribution in [1.82, 2.24) is 5.32 Å². The third-order valence-electron chi connectivity index (χ3n) is 4.68. The van der Waals surface area contributed by atoms with Crippen molar-refractivity contribution in [2.45, 2.75) is 44.1 Å². The van der Waals surface area contributed by atoms with E-state index in [4.69, 9.17) is 0 Å². The van der Waals surface area contributed by atoms with E-state index in [1.807, 2.05) is 6.07 Å². The van der Waals surface area contributed by atoms with Crippen molar-refractivity contribution in [2.24, 2.45) is 5.41 Å². The molecule has 1 amide bonds. The highest BCUT2D eigenvalue weighted by atomic mass is 19.1. The summed E-state index contributed by atoms with van der Waals surface area (Å²) < 4.78 is 13.2. The Bertz CT molecular complexity index is 583. The molecule has 21 heavy (non-hydrogen) atoms. The summed E-state index contributed by atoms with van der Waals surface area (Å²) in [6.07, 6.45) is 2.86. The first-order valence-electron chi connectivity index (χ1n) is 7.28. The molecule has 0 radical (unpaired) electrons. The van der Waals surface area contributed by atoms with Gasteiger partial charge in [-0.2, -0.15) is 0 Å². The summed E-state index contributed by atoms with van der Waals surface area (Å²) in [4.78, 5) is 23.2. The number of carbonyl (C=O) groups is 2. The highest BCUT2D eigenvalue weighted by molar-refractivity contribution is 5.86. The fourth-order valence-electron chi connectivity index (χ4n) is 3.10. The number of carboxylic acid groups (broad SMARTS) is 1. The Morgan fingerprint density at radius 3 is 2.71 bits per heavy atom. The second kappa shape index (κ2) is 5.13. The largest absolute Gasteiger partial charge is 0.481 e. The molecule has 4 nitrogen and oxygen atoms in total. The third kappa shape index (κ3) is 2.77. The molecule has 2 fully saturated rings. The highest BCUT2D eigenvalue weighted by Crippen LogP contribution is 2.45. The zero-order valence-electron chi connectivity index (χ0n) is 11.6. The van der Waals surface area contributed by atoms with Gasteiger partial charge in [-0.05, 0) is 37.0 Å². The summed E-state index contributed by atoms with van der Waals surface area (Å²) in [6.45, 7) is 0. The Morgan fingerprint density at radius 2 is 2.14 bits per heavy atom. The molecule has 0 unspecified atom stereocenters. The number of carbonyl (C=O) groups excluding carboxylic acids is 1. The van der Waals surface area contributed by atoms with Gasteiger partial charge in [-0.1, -0.05) is 18.6 Å². The van der Waals surface area contributed by atoms with Gasteiger partial charge in [0.05, 0.1) is 5.41 Å². The smallest absolute Gasteiger partial charge is 0.310 e. The molecule has 1 aromatic carbocycles. The minimum atomic E-state index is -0.874. The summed E-state index contributed by atoms with van der Waals surface area (Å²) in [6, 6.07) is 6.40. The van der Waals surface area contributed by atoms with E-state index in [1.165, 1.54) is 12.1 Å². The zero-order valence-corrected chi connectivity index (χ0v) is 11.6. The van der Waals surface area contributed by atoms with Crippen LogP contribution in [0.1, 0.15) is 43.6 Å². The normalized spacial score (nSPS) is 25.8. The van der Waals surface area contributed by atoms with Crippen LogP contribution in [0.2, 0.25) is 0 Å². The van der Waals surface area contributed by atoms with Gasteiger partial charge in [-0.25, -0.2) is 4.39 Å². The number of carboxylic acids is 1. The molecule has 2 atom stereocenters. The topological polar surface area (TPSA) is 66.4 Å². The lowest BCUT2D eigenvalue weighted by atomic mass is 9.66. The second-order valence-electron chi connectivity index (χ2n) is 6.19. The Labute approximate surface area is 122 Å². The van der Waals surface area contributed by atoms with Crippen LogP contribution in [-0.4, -0.2) is 23.0 Å². The molecular weight excluding hydrogens is 273 g/mol. The van der Waals surface area contributed by atoms with Gasteiger partial charge in [0, 0.05) is 18.4 Å². The van der Waals surface area contributed by atoms with Crippen molar-refractivity contribution in [3.8, 4) is 0 Å². The lowest BCUT2D eigenvalue weighted by molar-refractivity contribution is -0.157. The Balaban J connectivity index is 1.54. The maximum Gasteiger partial charge on any atom is 0.310 e. The van der Waals surface area contributed by atoms with E-state index < -0.39 is 11.4 Å². The molecule has 112 valence electrons. The number of hydrogen-bond donors (Lipinski definition) is 2. The molecule has 2 aliphatic rings. The van der Waals surface area contributed by atoms with Crippen LogP contribution in [0.3, 0.4) is 0 Å². The standard InChI is InChI=1S/C16H18FNO3/c17-11-4-1-3-10(7-11)12-8-13(12)18-14(19)9-16(15(20)21)5-2-6-16/h1,3-4,7,12-13H,2,5-6,8-9H2,(H,18,19)(H,20,21)/t12-,13+/m0/s1. The quantitative estimate of drug-likeness (QED) is 0.875. The van der Waals surface area contributed by atoms with Crippen LogP contribution in [-0.2, 0) is 9.59 Å². The number of rotatable bonds is 5. The summed E-state index contributed by atoms with van der Waals surface area (Å²) in [5, 5.41) is 12.1. The molecule has 0 spiro atoms. The van der Waals surface area contributed by atoms with Gasteiger partial charge >= 0.3 is 5.97 Å². The minimum absolute atomic E-state index is 0.00483. The first-order valence-corrected chi connectivity index (χ1v) is 7.28. The van der Waals surface area contributed by atoms with Crippen molar-refractivity contribution in [3.63, 3.8) is 0 Å². The number of benzene rings is 1. The van der Waals surface area contributed by atoms with E-state index in [0.717, 1.165) is 18.4 Å². The highest BCUT2D eigenvalue weighted by Gasteiger charge is 2.47. The maximum absolute atomic E-state index is 13.2. The first kappa shape index (κ1) is 14.0. The van der Waals surface area contributed by atoms with Crippen molar-refractivity contribution in [1.29, 1.82) is 0 Å². The van der Waals surface area contributed by atoms with Crippen LogP contribution in [0.5, 0.6) is 0 Å². The van der Waals surface area contributed by atoms with Crippen LogP contribution in [0, 0.1) is 11.2 Å². The van der Waals surface area contributed by atoms with Gasteiger partial charge in [-0.15, -0.1) is 0 Å². The van der Waals surface area contributed by atoms with Crippen molar-refractivity contribution in [3.05, 3.63) is 35.6 Å². The third-order valence-corrected chi connectivity index (χ3v) is 4.68. The van der Waals surface area contributed by atoms with E-state index in [1.54, 1.807) is 6.07 Å². The SMILES string of the molecule is O=C(CC1(C(=O)O)CCC1)N[C@@H]1C[C@H]1c1cccc(F)c1. The maximum atomic E-state index is 13.2. The number of amides is 1. The lowest BCUT2D eigenvalue weighted by Crippen LogP contribution is -2.43. The van der Waals surface area contributed by atoms with Gasteiger partial charge < -0.3 is 10.4 Å². The van der Waals surface area contributed by atoms with Crippen molar-refractivity contribution >= 4 is 11.9 Å². The molecule has 2 N–H and O–H groups in total. The average molecular weight is 291 g/mol. The lowest BCUT2D eigenvalue weighted by Gasteiger charge is -2.36. The predicted molar refractivity (Wildman–Crippen MR) is 74.2 cm³/mol. The van der Waals surface area contributed by atoms with E-state index in [0.29, 0.717) is 12.8 Å². The van der Waals surface area contributed by atoms with E-state index in [9.17, 15) is 19.1 Å². The van der Waals surface area contributed by atoms with Crippen molar-refractivity contribution in [2.75, 3.05) is 0 Å². The second-order valence-corrected chi connectivity index (χ2v) is 6.19. The van der Waals surface area contributed by atoms with Crippen LogP contribution in [0.4, 0.5) is 4.39 Å². The van der Waals surface area contributed by atoms with E-state index >= 15 is 0 Å². The first-order chi connectivity index (χ1) is 10.00. The predicted octanol–water partition coefficient (Wildman–Crippen LogP) is 2.44. The van der Waals surface area contributed by atoms with Gasteiger partial charge in [0.15, 0.2) is 0 Å². The minimum Gasteiger partial charge on any atom is -0.481 e. The molecule has 2 aliphatic carbocycles. The molecular formula is C16H18FNO3. The van der Waals surface area contributed by atoms with Gasteiger partial charge in [0.1, 0.15) is 5.82 Å². The number of halogens is 1. The number of nitrogens with one attached hydrogen (secondary N) is 1. The van der Waals surface area contributed by atoms with Crippen LogP contribution in [0.25, 0.3) is 0 Å². The average Bonchev–Trinajstić information content (AvgIpc) is 3.12. The van der Waals surface area contributed by atoms with Crippen LogP contribution < -0.4 is 5.32 Å². The fourth-order valence-corrected chi connectivity index (χ4v) is 3.10. The fraction of sp³-hybridized carbons (Fsp3) is 0.500. The Morgan fingerprint density at radius 1 is 1.38 bits per heavy atom. The van der Waals surface area contributed by atoms with Crippen LogP contribution in [0.15, 0.2) is 24.3 Å². The molecule has 0 heterocycles. The van der Waals surface area contributed by atoms with Gasteiger partial charge in [0.2, 0.25) is 5.91 Å². The number of hydrogen-bond acceptors (Lipinski definition) is 2. The van der Waals surface area contributed by atoms with Gasteiger partial charge in [-0.3, -0.25) is 9.59 Å². The summed E-state index contributed by atoms with van der Waals surface area (Å²) in [5.41, 5.74) is 0.0322. The molecule has 0 aromatic heterocycles. The summed E-state index contributed by atoms with van der Waals surface area (Å²) in [5.74, 6) is -1.21.